The Balaban J connectivity index is 2.46. The first-order valence-electron chi connectivity index (χ1n) is 6.09. The van der Waals surface area contributed by atoms with Crippen molar-refractivity contribution in [2.24, 2.45) is 0 Å². The lowest BCUT2D eigenvalue weighted by Crippen LogP contribution is -2.19. The Hall–Kier alpha value is -1.81. The second kappa shape index (κ2) is 5.45. The Morgan fingerprint density at radius 2 is 1.79 bits per heavy atom. The van der Waals surface area contributed by atoms with E-state index in [1.54, 1.807) is 13.1 Å². The fourth-order valence-electron chi connectivity index (χ4n) is 2.20. The van der Waals surface area contributed by atoms with E-state index in [1.165, 1.54) is 6.07 Å². The Morgan fingerprint density at radius 1 is 1.05 bits per heavy atom. The van der Waals surface area contributed by atoms with Crippen LogP contribution in [0.1, 0.15) is 28.6 Å². The first-order chi connectivity index (χ1) is 9.02. The van der Waals surface area contributed by atoms with Gasteiger partial charge < -0.3 is 5.32 Å². The minimum absolute atomic E-state index is 0.205. The van der Waals surface area contributed by atoms with Crippen molar-refractivity contribution in [3.63, 3.8) is 0 Å². The lowest BCUT2D eigenvalue weighted by molar-refractivity contribution is 0.504. The maximum absolute atomic E-state index is 13.3. The summed E-state index contributed by atoms with van der Waals surface area (Å²) in [6.45, 7) is 3.83. The standard InChI is InChI=1S/C15H16F2N2/c1-9-4-6-12(10(2)19-9)15(18-3)11-5-7-13(16)14(17)8-11/h4-8,15,18H,1-3H3. The third-order valence-electron chi connectivity index (χ3n) is 3.14. The fraction of sp³-hybridized carbons (Fsp3) is 0.267. The summed E-state index contributed by atoms with van der Waals surface area (Å²) in [5.74, 6) is -1.67. The van der Waals surface area contributed by atoms with Crippen molar-refractivity contribution in [3.8, 4) is 0 Å². The molecule has 1 aromatic heterocycles. The molecule has 0 saturated carbocycles. The SMILES string of the molecule is CNC(c1ccc(F)c(F)c1)c1ccc(C)nc1C. The molecule has 100 valence electrons. The Morgan fingerprint density at radius 3 is 2.37 bits per heavy atom. The van der Waals surface area contributed by atoms with Gasteiger partial charge in [0.25, 0.3) is 0 Å². The van der Waals surface area contributed by atoms with Crippen LogP contribution >= 0.6 is 0 Å². The summed E-state index contributed by atoms with van der Waals surface area (Å²) >= 11 is 0. The molecule has 2 aromatic rings. The third-order valence-corrected chi connectivity index (χ3v) is 3.14. The lowest BCUT2D eigenvalue weighted by Gasteiger charge is -2.19. The second-order valence-electron chi connectivity index (χ2n) is 4.52. The molecule has 2 rings (SSSR count). The Kier molecular flexibility index (Phi) is 3.90. The molecule has 1 unspecified atom stereocenters. The topological polar surface area (TPSA) is 24.9 Å². The molecule has 0 amide bonds. The minimum Gasteiger partial charge on any atom is -0.309 e. The highest BCUT2D eigenvalue weighted by Crippen LogP contribution is 2.25. The van der Waals surface area contributed by atoms with Gasteiger partial charge in [-0.1, -0.05) is 12.1 Å². The van der Waals surface area contributed by atoms with Crippen LogP contribution in [-0.4, -0.2) is 12.0 Å². The number of benzene rings is 1. The van der Waals surface area contributed by atoms with Gasteiger partial charge in [-0.15, -0.1) is 0 Å². The van der Waals surface area contributed by atoms with Crippen molar-refractivity contribution in [3.05, 3.63) is 64.5 Å². The maximum Gasteiger partial charge on any atom is 0.159 e. The first-order valence-corrected chi connectivity index (χ1v) is 6.09. The molecule has 2 nitrogen and oxygen atoms in total. The van der Waals surface area contributed by atoms with Gasteiger partial charge in [0.05, 0.1) is 6.04 Å². The van der Waals surface area contributed by atoms with Crippen molar-refractivity contribution in [1.82, 2.24) is 10.3 Å². The van der Waals surface area contributed by atoms with Crippen molar-refractivity contribution < 1.29 is 8.78 Å². The van der Waals surface area contributed by atoms with Crippen molar-refractivity contribution in [2.45, 2.75) is 19.9 Å². The number of aryl methyl sites for hydroxylation is 2. The summed E-state index contributed by atoms with van der Waals surface area (Å²) in [4.78, 5) is 4.40. The van der Waals surface area contributed by atoms with Gasteiger partial charge in [-0.25, -0.2) is 8.78 Å². The molecule has 0 aliphatic rings. The molecule has 0 radical (unpaired) electrons. The number of pyridine rings is 1. The number of nitrogens with zero attached hydrogens (tertiary/aromatic N) is 1. The van der Waals surface area contributed by atoms with E-state index < -0.39 is 11.6 Å². The molecule has 0 saturated heterocycles. The number of rotatable bonds is 3. The molecule has 1 N–H and O–H groups in total. The summed E-state index contributed by atoms with van der Waals surface area (Å²) in [6, 6.07) is 7.61. The van der Waals surface area contributed by atoms with Gasteiger partial charge in [0.1, 0.15) is 0 Å². The van der Waals surface area contributed by atoms with Gasteiger partial charge in [-0.3, -0.25) is 4.98 Å². The molecular formula is C15H16F2N2. The molecule has 0 fully saturated rings. The molecule has 1 heterocycles. The highest BCUT2D eigenvalue weighted by atomic mass is 19.2. The van der Waals surface area contributed by atoms with Gasteiger partial charge in [-0.05, 0) is 50.2 Å². The van der Waals surface area contributed by atoms with E-state index in [-0.39, 0.29) is 6.04 Å². The third kappa shape index (κ3) is 2.79. The van der Waals surface area contributed by atoms with Crippen molar-refractivity contribution in [1.29, 1.82) is 0 Å². The minimum atomic E-state index is -0.838. The Bertz CT molecular complexity index is 597. The number of hydrogen-bond acceptors (Lipinski definition) is 2. The van der Waals surface area contributed by atoms with E-state index in [4.69, 9.17) is 0 Å². The van der Waals surface area contributed by atoms with Crippen LogP contribution in [0.25, 0.3) is 0 Å². The van der Waals surface area contributed by atoms with E-state index >= 15 is 0 Å². The van der Waals surface area contributed by atoms with Gasteiger partial charge in [0.2, 0.25) is 0 Å². The predicted molar refractivity (Wildman–Crippen MR) is 71.0 cm³/mol. The van der Waals surface area contributed by atoms with E-state index in [2.05, 4.69) is 10.3 Å². The first kappa shape index (κ1) is 13.6. The van der Waals surface area contributed by atoms with Crippen molar-refractivity contribution in [2.75, 3.05) is 7.05 Å². The van der Waals surface area contributed by atoms with Gasteiger partial charge in [0.15, 0.2) is 11.6 Å². The van der Waals surface area contributed by atoms with E-state index in [9.17, 15) is 8.78 Å². The normalized spacial score (nSPS) is 12.5. The number of nitrogens with one attached hydrogen (secondary N) is 1. The van der Waals surface area contributed by atoms with Gasteiger partial charge >= 0.3 is 0 Å². The van der Waals surface area contributed by atoms with Gasteiger partial charge in [0, 0.05) is 11.4 Å². The number of aromatic nitrogens is 1. The molecule has 1 atom stereocenters. The van der Waals surface area contributed by atoms with Crippen LogP contribution in [0.3, 0.4) is 0 Å². The summed E-state index contributed by atoms with van der Waals surface area (Å²) < 4.78 is 26.3. The average molecular weight is 262 g/mol. The van der Waals surface area contributed by atoms with Crippen LogP contribution in [0.4, 0.5) is 8.78 Å². The number of hydrogen-bond donors (Lipinski definition) is 1. The van der Waals surface area contributed by atoms with E-state index in [0.717, 1.165) is 23.0 Å². The van der Waals surface area contributed by atoms with Crippen LogP contribution in [0.2, 0.25) is 0 Å². The zero-order chi connectivity index (χ0) is 14.0. The molecule has 0 aliphatic carbocycles. The molecule has 0 bridgehead atoms. The van der Waals surface area contributed by atoms with Crippen LogP contribution in [0, 0.1) is 25.5 Å². The largest absolute Gasteiger partial charge is 0.309 e. The molecule has 19 heavy (non-hydrogen) atoms. The average Bonchev–Trinajstić information content (AvgIpc) is 2.37. The lowest BCUT2D eigenvalue weighted by atomic mass is 9.97. The zero-order valence-electron chi connectivity index (χ0n) is 11.2. The summed E-state index contributed by atoms with van der Waals surface area (Å²) in [6.07, 6.45) is 0. The van der Waals surface area contributed by atoms with Crippen LogP contribution in [-0.2, 0) is 0 Å². The molecule has 4 heteroatoms. The fourth-order valence-corrected chi connectivity index (χ4v) is 2.20. The monoisotopic (exact) mass is 262 g/mol. The predicted octanol–water partition coefficient (Wildman–Crippen LogP) is 3.29. The van der Waals surface area contributed by atoms with Crippen LogP contribution < -0.4 is 5.32 Å². The van der Waals surface area contributed by atoms with E-state index in [1.807, 2.05) is 26.0 Å². The molecule has 1 aromatic carbocycles. The summed E-state index contributed by atoms with van der Waals surface area (Å²) in [7, 11) is 1.78. The highest BCUT2D eigenvalue weighted by molar-refractivity contribution is 5.35. The van der Waals surface area contributed by atoms with Crippen LogP contribution in [0.5, 0.6) is 0 Å². The maximum atomic E-state index is 13.3. The zero-order valence-corrected chi connectivity index (χ0v) is 11.2. The van der Waals surface area contributed by atoms with Gasteiger partial charge in [-0.2, -0.15) is 0 Å². The van der Waals surface area contributed by atoms with Crippen molar-refractivity contribution >= 4 is 0 Å². The molecule has 0 spiro atoms. The smallest absolute Gasteiger partial charge is 0.159 e. The Labute approximate surface area is 111 Å². The summed E-state index contributed by atoms with van der Waals surface area (Å²) in [5.41, 5.74) is 3.44. The van der Waals surface area contributed by atoms with Crippen LogP contribution in [0.15, 0.2) is 30.3 Å². The van der Waals surface area contributed by atoms with E-state index in [0.29, 0.717) is 5.56 Å². The summed E-state index contributed by atoms with van der Waals surface area (Å²) in [5, 5.41) is 3.11. The molecular weight excluding hydrogens is 246 g/mol. The second-order valence-corrected chi connectivity index (χ2v) is 4.52. The highest BCUT2D eigenvalue weighted by Gasteiger charge is 2.16. The number of halogens is 2. The quantitative estimate of drug-likeness (QED) is 0.918. The molecule has 0 aliphatic heterocycles.